The number of benzene rings is 1. The molecule has 0 aromatic heterocycles. The summed E-state index contributed by atoms with van der Waals surface area (Å²) in [6.45, 7) is 3.23. The molecule has 2 N–H and O–H groups in total. The van der Waals surface area contributed by atoms with E-state index in [4.69, 9.17) is 0 Å². The number of rotatable bonds is 3. The lowest BCUT2D eigenvalue weighted by molar-refractivity contribution is 0.105. The van der Waals surface area contributed by atoms with E-state index in [1.165, 1.54) is 4.90 Å². The zero-order valence-corrected chi connectivity index (χ0v) is 7.81. The van der Waals surface area contributed by atoms with E-state index in [-0.39, 0.29) is 0 Å². The Kier molecular flexibility index (Phi) is 3.28. The molecule has 0 aliphatic rings. The third-order valence-corrected chi connectivity index (χ3v) is 1.80. The summed E-state index contributed by atoms with van der Waals surface area (Å²) in [4.78, 5) is 1.51. The Morgan fingerprint density at radius 2 is 1.62 bits per heavy atom. The standard InChI is InChI=1S/C10H14NO2/c1-8(12)11(9(2)13)10-6-4-3-5-7-10/h4-9,12-13H,1-2H3. The first-order valence-electron chi connectivity index (χ1n) is 4.23. The third-order valence-electron chi connectivity index (χ3n) is 1.80. The molecule has 2 atom stereocenters. The zero-order chi connectivity index (χ0) is 9.84. The van der Waals surface area contributed by atoms with Crippen LogP contribution < -0.4 is 4.90 Å². The van der Waals surface area contributed by atoms with Crippen molar-refractivity contribution in [2.75, 3.05) is 4.90 Å². The predicted molar refractivity (Wildman–Crippen MR) is 51.1 cm³/mol. The van der Waals surface area contributed by atoms with Gasteiger partial charge in [0.1, 0.15) is 12.5 Å². The maximum atomic E-state index is 9.39. The van der Waals surface area contributed by atoms with Crippen molar-refractivity contribution in [1.29, 1.82) is 0 Å². The van der Waals surface area contributed by atoms with Crippen molar-refractivity contribution in [3.63, 3.8) is 0 Å². The van der Waals surface area contributed by atoms with E-state index >= 15 is 0 Å². The molecule has 13 heavy (non-hydrogen) atoms. The molecule has 1 aromatic carbocycles. The predicted octanol–water partition coefficient (Wildman–Crippen LogP) is 0.970. The number of anilines is 1. The minimum Gasteiger partial charge on any atom is -0.374 e. The molecule has 0 saturated heterocycles. The van der Waals surface area contributed by atoms with Gasteiger partial charge in [0.2, 0.25) is 0 Å². The van der Waals surface area contributed by atoms with E-state index in [0.717, 1.165) is 5.69 Å². The lowest BCUT2D eigenvalue weighted by Gasteiger charge is -2.30. The number of hydrogen-bond acceptors (Lipinski definition) is 3. The van der Waals surface area contributed by atoms with Crippen molar-refractivity contribution < 1.29 is 10.2 Å². The molecular formula is C10H14NO2. The van der Waals surface area contributed by atoms with Gasteiger partial charge in [0.25, 0.3) is 0 Å². The Morgan fingerprint density at radius 1 is 1.15 bits per heavy atom. The van der Waals surface area contributed by atoms with Crippen LogP contribution in [0.4, 0.5) is 5.69 Å². The molecule has 0 heterocycles. The summed E-state index contributed by atoms with van der Waals surface area (Å²) in [6, 6.07) is 9.94. The summed E-state index contributed by atoms with van der Waals surface area (Å²) < 4.78 is 0. The third kappa shape index (κ3) is 2.44. The van der Waals surface area contributed by atoms with Crippen LogP contribution in [0.2, 0.25) is 0 Å². The van der Waals surface area contributed by atoms with Crippen molar-refractivity contribution in [2.45, 2.75) is 26.3 Å². The Balaban J connectivity index is 2.89. The maximum Gasteiger partial charge on any atom is 0.126 e. The molecule has 3 heteroatoms. The number of hydrogen-bond donors (Lipinski definition) is 2. The minimum absolute atomic E-state index is 0.706. The first-order valence-corrected chi connectivity index (χ1v) is 4.23. The second-order valence-electron chi connectivity index (χ2n) is 2.93. The Labute approximate surface area is 78.2 Å². The fourth-order valence-electron chi connectivity index (χ4n) is 1.29. The fraction of sp³-hybridized carbons (Fsp3) is 0.400. The van der Waals surface area contributed by atoms with Gasteiger partial charge in [0.15, 0.2) is 0 Å². The molecule has 1 rings (SSSR count). The van der Waals surface area contributed by atoms with Gasteiger partial charge in [-0.15, -0.1) is 0 Å². The van der Waals surface area contributed by atoms with E-state index in [0.29, 0.717) is 0 Å². The van der Waals surface area contributed by atoms with Crippen molar-refractivity contribution >= 4 is 5.69 Å². The first-order chi connectivity index (χ1) is 6.13. The highest BCUT2D eigenvalue weighted by Crippen LogP contribution is 2.16. The molecule has 0 spiro atoms. The average Bonchev–Trinajstić information content (AvgIpc) is 2.04. The van der Waals surface area contributed by atoms with Crippen LogP contribution in [0.5, 0.6) is 0 Å². The van der Waals surface area contributed by atoms with Gasteiger partial charge in [-0.3, -0.25) is 0 Å². The Morgan fingerprint density at radius 3 is 2.00 bits per heavy atom. The van der Waals surface area contributed by atoms with Gasteiger partial charge in [-0.2, -0.15) is 0 Å². The summed E-state index contributed by atoms with van der Waals surface area (Å²) >= 11 is 0. The highest BCUT2D eigenvalue weighted by molar-refractivity contribution is 5.46. The van der Waals surface area contributed by atoms with E-state index in [1.807, 2.05) is 0 Å². The van der Waals surface area contributed by atoms with Gasteiger partial charge in [0, 0.05) is 5.69 Å². The van der Waals surface area contributed by atoms with E-state index in [2.05, 4.69) is 6.07 Å². The lowest BCUT2D eigenvalue weighted by Crippen LogP contribution is -2.40. The zero-order valence-electron chi connectivity index (χ0n) is 7.81. The summed E-state index contributed by atoms with van der Waals surface area (Å²) in [5, 5.41) is 18.8. The number of nitrogens with zero attached hydrogens (tertiary/aromatic N) is 1. The quantitative estimate of drug-likeness (QED) is 0.681. The first kappa shape index (κ1) is 10.0. The van der Waals surface area contributed by atoms with Crippen molar-refractivity contribution in [1.82, 2.24) is 0 Å². The molecular weight excluding hydrogens is 166 g/mol. The van der Waals surface area contributed by atoms with Crippen molar-refractivity contribution in [3.05, 3.63) is 30.3 Å². The summed E-state index contributed by atoms with van der Waals surface area (Å²) in [5.74, 6) is 0. The Bertz CT molecular complexity index is 238. The Hall–Kier alpha value is -1.06. The van der Waals surface area contributed by atoms with Crippen LogP contribution in [-0.4, -0.2) is 22.7 Å². The van der Waals surface area contributed by atoms with Crippen LogP contribution in [0.15, 0.2) is 24.3 Å². The van der Waals surface area contributed by atoms with Gasteiger partial charge in [0.05, 0.1) is 0 Å². The van der Waals surface area contributed by atoms with Gasteiger partial charge in [-0.05, 0) is 32.0 Å². The van der Waals surface area contributed by atoms with Crippen molar-refractivity contribution in [2.24, 2.45) is 0 Å². The van der Waals surface area contributed by atoms with Crippen LogP contribution in [0.1, 0.15) is 13.8 Å². The molecule has 0 aliphatic carbocycles. The maximum absolute atomic E-state index is 9.39. The van der Waals surface area contributed by atoms with Gasteiger partial charge >= 0.3 is 0 Å². The highest BCUT2D eigenvalue weighted by Gasteiger charge is 2.15. The number of aliphatic hydroxyl groups is 2. The monoisotopic (exact) mass is 180 g/mol. The summed E-state index contributed by atoms with van der Waals surface area (Å²) in [5.41, 5.74) is 0.781. The molecule has 1 radical (unpaired) electrons. The van der Waals surface area contributed by atoms with Crippen LogP contribution in [0.3, 0.4) is 0 Å². The average molecular weight is 180 g/mol. The second-order valence-corrected chi connectivity index (χ2v) is 2.93. The topological polar surface area (TPSA) is 43.7 Å². The SMILES string of the molecule is CC(O)N(c1cc[c]cc1)C(C)O. The van der Waals surface area contributed by atoms with Crippen molar-refractivity contribution in [3.8, 4) is 0 Å². The highest BCUT2D eigenvalue weighted by atomic mass is 16.3. The van der Waals surface area contributed by atoms with E-state index in [1.54, 1.807) is 38.1 Å². The van der Waals surface area contributed by atoms with Crippen LogP contribution in [0.25, 0.3) is 0 Å². The lowest BCUT2D eigenvalue weighted by atomic mass is 10.2. The second kappa shape index (κ2) is 4.25. The normalized spacial score (nSPS) is 15.1. The van der Waals surface area contributed by atoms with Crippen LogP contribution in [0, 0.1) is 6.07 Å². The largest absolute Gasteiger partial charge is 0.374 e. The molecule has 1 aromatic rings. The number of aliphatic hydroxyl groups excluding tert-OH is 2. The van der Waals surface area contributed by atoms with E-state index < -0.39 is 12.5 Å². The van der Waals surface area contributed by atoms with Gasteiger partial charge < -0.3 is 15.1 Å². The molecule has 71 valence electrons. The summed E-state index contributed by atoms with van der Waals surface area (Å²) in [6.07, 6.45) is -1.41. The molecule has 2 unspecified atom stereocenters. The summed E-state index contributed by atoms with van der Waals surface area (Å²) in [7, 11) is 0. The smallest absolute Gasteiger partial charge is 0.126 e. The molecule has 0 saturated carbocycles. The van der Waals surface area contributed by atoms with Crippen LogP contribution >= 0.6 is 0 Å². The van der Waals surface area contributed by atoms with E-state index in [9.17, 15) is 10.2 Å². The molecule has 0 bridgehead atoms. The molecule has 0 amide bonds. The van der Waals surface area contributed by atoms with Gasteiger partial charge in [-0.1, -0.05) is 12.1 Å². The molecule has 3 nitrogen and oxygen atoms in total. The minimum atomic E-state index is -0.706. The molecule has 0 aliphatic heterocycles. The molecule has 0 fully saturated rings. The fourth-order valence-corrected chi connectivity index (χ4v) is 1.29. The van der Waals surface area contributed by atoms with Crippen LogP contribution in [-0.2, 0) is 0 Å². The van der Waals surface area contributed by atoms with Gasteiger partial charge in [-0.25, -0.2) is 0 Å².